The normalized spacial score (nSPS) is 34.4. The summed E-state index contributed by atoms with van der Waals surface area (Å²) in [5.74, 6) is 0.236. The zero-order valence-electron chi connectivity index (χ0n) is 25.1. The number of hydrogen-bond donors (Lipinski definition) is 5. The summed E-state index contributed by atoms with van der Waals surface area (Å²) in [6.07, 6.45) is 4.82. The van der Waals surface area contributed by atoms with E-state index in [0.29, 0.717) is 25.9 Å². The van der Waals surface area contributed by atoms with E-state index in [4.69, 9.17) is 4.74 Å². The van der Waals surface area contributed by atoms with Gasteiger partial charge in [-0.15, -0.1) is 0 Å². The number of amides is 1. The van der Waals surface area contributed by atoms with Gasteiger partial charge in [-0.25, -0.2) is 0 Å². The van der Waals surface area contributed by atoms with Crippen LogP contribution in [0.4, 0.5) is 5.69 Å². The largest absolute Gasteiger partial charge is 0.496 e. The molecule has 5 N–H and O–H groups in total. The standard InChI is InChI=1S/C30H47BN4O5/c1-8-28-11-9-15-35-16-12-29(23(28)35)19-17-20(27(2,3)4)22(40-7)18-21(19)34(6)24(29)30(38,25(28)36)26(37)32-13-10-14-33-31(5)39/h9,11,17-18,23-25,33,36,38-39H,8,10,12-16H2,1-7H3,(H,32,37). The second-order valence-corrected chi connectivity index (χ2v) is 13.4. The second-order valence-electron chi connectivity index (χ2n) is 13.4. The van der Waals surface area contributed by atoms with Gasteiger partial charge in [0.15, 0.2) is 5.60 Å². The lowest BCUT2D eigenvalue weighted by Crippen LogP contribution is -2.81. The molecule has 0 aromatic heterocycles. The number of ether oxygens (including phenoxy) is 1. The van der Waals surface area contributed by atoms with Crippen molar-refractivity contribution in [2.24, 2.45) is 5.41 Å². The van der Waals surface area contributed by atoms with Gasteiger partial charge in [0.05, 0.1) is 13.2 Å². The van der Waals surface area contributed by atoms with Crippen LogP contribution < -0.4 is 20.2 Å². The van der Waals surface area contributed by atoms with Crippen molar-refractivity contribution in [3.05, 3.63) is 35.4 Å². The van der Waals surface area contributed by atoms with Crippen LogP contribution in [-0.4, -0.2) is 97.2 Å². The lowest BCUT2D eigenvalue weighted by atomic mass is 9.47. The van der Waals surface area contributed by atoms with Crippen molar-refractivity contribution in [3.63, 3.8) is 0 Å². The molecule has 6 atom stereocenters. The Labute approximate surface area is 239 Å². The Hall–Kier alpha value is -2.11. The fraction of sp³-hybridized carbons (Fsp3) is 0.700. The highest BCUT2D eigenvalue weighted by molar-refractivity contribution is 6.45. The summed E-state index contributed by atoms with van der Waals surface area (Å²) in [5, 5.41) is 40.3. The van der Waals surface area contributed by atoms with Crippen molar-refractivity contribution in [1.29, 1.82) is 0 Å². The first-order chi connectivity index (χ1) is 18.8. The van der Waals surface area contributed by atoms with E-state index in [-0.39, 0.29) is 11.5 Å². The van der Waals surface area contributed by atoms with Crippen LogP contribution in [-0.2, 0) is 15.6 Å². The van der Waals surface area contributed by atoms with Crippen molar-refractivity contribution in [2.75, 3.05) is 45.2 Å². The van der Waals surface area contributed by atoms with Crippen LogP contribution >= 0.6 is 0 Å². The van der Waals surface area contributed by atoms with Gasteiger partial charge in [0.2, 0.25) is 0 Å². The first-order valence-electron chi connectivity index (χ1n) is 14.8. The Morgan fingerprint density at radius 2 is 1.98 bits per heavy atom. The number of carbonyl (C=O) groups is 1. The molecule has 1 aliphatic carbocycles. The molecule has 5 rings (SSSR count). The summed E-state index contributed by atoms with van der Waals surface area (Å²) in [6, 6.07) is 3.58. The van der Waals surface area contributed by atoms with E-state index in [2.05, 4.69) is 67.4 Å². The van der Waals surface area contributed by atoms with Gasteiger partial charge in [0, 0.05) is 48.8 Å². The Morgan fingerprint density at radius 3 is 2.60 bits per heavy atom. The SMILES string of the molecule is CCC12C=CCN3CCC4(c5cc(C(C)(C)C)c(OC)cc5N(C)C4C(O)(C(=O)NCCCNB(C)O)C1O)C32. The van der Waals surface area contributed by atoms with Crippen molar-refractivity contribution in [1.82, 2.24) is 15.4 Å². The Balaban J connectivity index is 1.68. The Kier molecular flexibility index (Phi) is 7.36. The van der Waals surface area contributed by atoms with E-state index < -0.39 is 41.5 Å². The molecule has 9 nitrogen and oxygen atoms in total. The molecule has 1 amide bonds. The third-order valence-corrected chi connectivity index (χ3v) is 10.2. The quantitative estimate of drug-likeness (QED) is 0.186. The van der Waals surface area contributed by atoms with Crippen LogP contribution in [0.25, 0.3) is 0 Å². The zero-order valence-corrected chi connectivity index (χ0v) is 25.1. The van der Waals surface area contributed by atoms with E-state index in [1.54, 1.807) is 13.9 Å². The minimum Gasteiger partial charge on any atom is -0.496 e. The molecule has 1 spiro atoms. The van der Waals surface area contributed by atoms with Crippen molar-refractivity contribution >= 4 is 18.6 Å². The third-order valence-electron chi connectivity index (χ3n) is 10.2. The number of anilines is 1. The van der Waals surface area contributed by atoms with Gasteiger partial charge in [-0.2, -0.15) is 0 Å². The van der Waals surface area contributed by atoms with Crippen molar-refractivity contribution in [3.8, 4) is 5.75 Å². The summed E-state index contributed by atoms with van der Waals surface area (Å²) >= 11 is 0. The number of fused-ring (bicyclic) bond motifs is 1. The molecular formula is C30H47BN4O5. The fourth-order valence-electron chi connectivity index (χ4n) is 8.61. The molecule has 220 valence electrons. The summed E-state index contributed by atoms with van der Waals surface area (Å²) in [7, 11) is 2.99. The van der Waals surface area contributed by atoms with Gasteiger partial charge in [-0.1, -0.05) is 39.8 Å². The lowest BCUT2D eigenvalue weighted by Gasteiger charge is -2.63. The van der Waals surface area contributed by atoms with Crippen LogP contribution in [0.3, 0.4) is 0 Å². The summed E-state index contributed by atoms with van der Waals surface area (Å²) in [6.45, 7) is 12.7. The minimum atomic E-state index is -2.06. The zero-order chi connectivity index (χ0) is 29.3. The minimum absolute atomic E-state index is 0.0665. The summed E-state index contributed by atoms with van der Waals surface area (Å²) in [4.78, 5) is 18.6. The van der Waals surface area contributed by atoms with Gasteiger partial charge in [-0.3, -0.25) is 9.69 Å². The number of hydrogen-bond acceptors (Lipinski definition) is 8. The molecule has 4 aliphatic rings. The maximum absolute atomic E-state index is 14.1. The summed E-state index contributed by atoms with van der Waals surface area (Å²) < 4.78 is 5.87. The molecule has 1 saturated heterocycles. The average molecular weight is 555 g/mol. The van der Waals surface area contributed by atoms with E-state index >= 15 is 0 Å². The number of carbonyl (C=O) groups excluding carboxylic acids is 1. The monoisotopic (exact) mass is 554 g/mol. The highest BCUT2D eigenvalue weighted by Crippen LogP contribution is 2.67. The van der Waals surface area contributed by atoms with E-state index in [1.807, 2.05) is 11.9 Å². The number of nitrogens with one attached hydrogen (secondary N) is 2. The summed E-state index contributed by atoms with van der Waals surface area (Å²) in [5.41, 5.74) is -0.448. The highest BCUT2D eigenvalue weighted by atomic mass is 16.5. The van der Waals surface area contributed by atoms with Crippen LogP contribution in [0.2, 0.25) is 6.82 Å². The maximum Gasteiger partial charge on any atom is 0.373 e. The van der Waals surface area contributed by atoms with E-state index in [9.17, 15) is 20.0 Å². The van der Waals surface area contributed by atoms with Gasteiger partial charge < -0.3 is 35.4 Å². The number of aliphatic hydroxyl groups is 2. The molecular weight excluding hydrogens is 507 g/mol. The van der Waals surface area contributed by atoms with E-state index in [0.717, 1.165) is 42.1 Å². The highest BCUT2D eigenvalue weighted by Gasteiger charge is 2.78. The molecule has 0 bridgehead atoms. The Bertz CT molecular complexity index is 1190. The molecule has 2 fully saturated rings. The number of methoxy groups -OCH3 is 1. The van der Waals surface area contributed by atoms with Gasteiger partial charge in [0.1, 0.15) is 11.9 Å². The molecule has 1 aromatic carbocycles. The molecule has 1 saturated carbocycles. The molecule has 3 aliphatic heterocycles. The van der Waals surface area contributed by atoms with Crippen molar-refractivity contribution < 1.29 is 24.8 Å². The number of rotatable bonds is 8. The topological polar surface area (TPSA) is 118 Å². The molecule has 1 aromatic rings. The molecule has 40 heavy (non-hydrogen) atoms. The Morgan fingerprint density at radius 1 is 1.25 bits per heavy atom. The van der Waals surface area contributed by atoms with Crippen molar-refractivity contribution in [2.45, 2.75) is 88.4 Å². The third kappa shape index (κ3) is 3.90. The van der Waals surface area contributed by atoms with Gasteiger partial charge >= 0.3 is 7.05 Å². The van der Waals surface area contributed by atoms with Crippen LogP contribution in [0.15, 0.2) is 24.3 Å². The van der Waals surface area contributed by atoms with Crippen LogP contribution in [0.5, 0.6) is 5.75 Å². The first kappa shape index (κ1) is 29.4. The lowest BCUT2D eigenvalue weighted by molar-refractivity contribution is -0.203. The number of likely N-dealkylation sites (N-methyl/N-ethyl adjacent to an activating group) is 1. The van der Waals surface area contributed by atoms with Crippen LogP contribution in [0, 0.1) is 5.41 Å². The van der Waals surface area contributed by atoms with E-state index in [1.165, 1.54) is 0 Å². The molecule has 6 unspecified atom stereocenters. The van der Waals surface area contributed by atoms with Gasteiger partial charge in [0.25, 0.3) is 5.91 Å². The average Bonchev–Trinajstić information content (AvgIpc) is 3.41. The predicted octanol–water partition coefficient (Wildman–Crippen LogP) is 1.40. The molecule has 0 radical (unpaired) electrons. The number of aliphatic hydroxyl groups excluding tert-OH is 1. The maximum atomic E-state index is 14.1. The fourth-order valence-corrected chi connectivity index (χ4v) is 8.61. The number of nitrogens with zero attached hydrogens (tertiary/aromatic N) is 2. The predicted molar refractivity (Wildman–Crippen MR) is 158 cm³/mol. The van der Waals surface area contributed by atoms with Gasteiger partial charge in [-0.05, 0) is 61.8 Å². The number of benzene rings is 1. The first-order valence-corrected chi connectivity index (χ1v) is 14.8. The second kappa shape index (κ2) is 10.0. The van der Waals surface area contributed by atoms with Crippen LogP contribution in [0.1, 0.15) is 58.1 Å². The molecule has 3 heterocycles. The smallest absolute Gasteiger partial charge is 0.373 e. The molecule has 10 heteroatoms.